The summed E-state index contributed by atoms with van der Waals surface area (Å²) in [6.45, 7) is 4.78. The summed E-state index contributed by atoms with van der Waals surface area (Å²) in [4.78, 5) is 31.8. The van der Waals surface area contributed by atoms with Crippen molar-refractivity contribution in [2.45, 2.75) is 25.8 Å². The molecule has 1 saturated heterocycles. The number of carbonyl (C=O) groups excluding carboxylic acids is 2. The average molecular weight is 458 g/mol. The summed E-state index contributed by atoms with van der Waals surface area (Å²) in [6.07, 6.45) is 3.23. The first-order chi connectivity index (χ1) is 15.5. The fourth-order valence-corrected chi connectivity index (χ4v) is 4.42. The van der Waals surface area contributed by atoms with Gasteiger partial charge in [-0.1, -0.05) is 36.2 Å². The zero-order chi connectivity index (χ0) is 22.5. The quantitative estimate of drug-likeness (QED) is 0.629. The van der Waals surface area contributed by atoms with Gasteiger partial charge in [0.25, 0.3) is 5.91 Å². The minimum atomic E-state index is -0.296. The Morgan fingerprint density at radius 1 is 1.03 bits per heavy atom. The first-order valence-electron chi connectivity index (χ1n) is 11.3. The predicted octanol–water partition coefficient (Wildman–Crippen LogP) is 4.07. The van der Waals surface area contributed by atoms with Crippen LogP contribution in [0, 0.1) is 11.7 Å². The second-order valence-electron chi connectivity index (χ2n) is 8.66. The normalized spacial score (nSPS) is 17.1. The van der Waals surface area contributed by atoms with Crippen molar-refractivity contribution in [2.75, 3.05) is 39.3 Å². The summed E-state index contributed by atoms with van der Waals surface area (Å²) in [7, 11) is 0. The zero-order valence-electron chi connectivity index (χ0n) is 18.2. The van der Waals surface area contributed by atoms with E-state index >= 15 is 0 Å². The van der Waals surface area contributed by atoms with Gasteiger partial charge in [0.05, 0.1) is 0 Å². The third-order valence-corrected chi connectivity index (χ3v) is 6.71. The maximum absolute atomic E-state index is 13.3. The van der Waals surface area contributed by atoms with Gasteiger partial charge in [0.15, 0.2) is 0 Å². The lowest BCUT2D eigenvalue weighted by atomic mass is 9.84. The van der Waals surface area contributed by atoms with Gasteiger partial charge in [-0.15, -0.1) is 0 Å². The SMILES string of the molecule is O=C(c1cccc(Cl)c1)N(CCN1CCN(C(=O)C2CCC2)CC1)Cc1ccc(F)cc1. The van der Waals surface area contributed by atoms with Crippen LogP contribution in [0.5, 0.6) is 0 Å². The van der Waals surface area contributed by atoms with Crippen LogP contribution in [0.2, 0.25) is 5.02 Å². The predicted molar refractivity (Wildman–Crippen MR) is 123 cm³/mol. The monoisotopic (exact) mass is 457 g/mol. The molecule has 1 heterocycles. The number of halogens is 2. The van der Waals surface area contributed by atoms with Gasteiger partial charge in [-0.05, 0) is 48.7 Å². The molecule has 2 fully saturated rings. The topological polar surface area (TPSA) is 43.9 Å². The maximum atomic E-state index is 13.3. The molecule has 0 aromatic heterocycles. The van der Waals surface area contributed by atoms with Crippen molar-refractivity contribution in [3.05, 3.63) is 70.5 Å². The van der Waals surface area contributed by atoms with Crippen LogP contribution in [0.3, 0.4) is 0 Å². The van der Waals surface area contributed by atoms with Crippen LogP contribution in [-0.4, -0.2) is 65.8 Å². The summed E-state index contributed by atoms with van der Waals surface area (Å²) in [5.41, 5.74) is 1.41. The van der Waals surface area contributed by atoms with E-state index in [2.05, 4.69) is 4.90 Å². The largest absolute Gasteiger partial charge is 0.340 e. The fraction of sp³-hybridized carbons (Fsp3) is 0.440. The van der Waals surface area contributed by atoms with E-state index in [1.807, 2.05) is 4.90 Å². The summed E-state index contributed by atoms with van der Waals surface area (Å²) in [5.74, 6) is 0.152. The molecule has 4 rings (SSSR count). The van der Waals surface area contributed by atoms with E-state index < -0.39 is 0 Å². The number of piperazine rings is 1. The molecule has 170 valence electrons. The molecule has 0 N–H and O–H groups in total. The second-order valence-corrected chi connectivity index (χ2v) is 9.09. The van der Waals surface area contributed by atoms with Crippen LogP contribution in [0.25, 0.3) is 0 Å². The molecule has 1 aliphatic heterocycles. The first kappa shape index (κ1) is 22.7. The second kappa shape index (κ2) is 10.5. The molecule has 2 aromatic rings. The Morgan fingerprint density at radius 2 is 1.75 bits per heavy atom. The highest BCUT2D eigenvalue weighted by Gasteiger charge is 2.31. The molecule has 0 atom stereocenters. The van der Waals surface area contributed by atoms with Crippen LogP contribution in [0.4, 0.5) is 4.39 Å². The minimum Gasteiger partial charge on any atom is -0.340 e. The zero-order valence-corrected chi connectivity index (χ0v) is 18.9. The molecule has 2 amide bonds. The van der Waals surface area contributed by atoms with E-state index in [-0.39, 0.29) is 17.6 Å². The number of amides is 2. The molecule has 32 heavy (non-hydrogen) atoms. The minimum absolute atomic E-state index is 0.101. The molecule has 7 heteroatoms. The molecule has 0 unspecified atom stereocenters. The van der Waals surface area contributed by atoms with Gasteiger partial charge >= 0.3 is 0 Å². The molecular weight excluding hydrogens is 429 g/mol. The van der Waals surface area contributed by atoms with Crippen molar-refractivity contribution in [2.24, 2.45) is 5.92 Å². The van der Waals surface area contributed by atoms with Gasteiger partial charge in [0.1, 0.15) is 5.82 Å². The van der Waals surface area contributed by atoms with Crippen LogP contribution < -0.4 is 0 Å². The summed E-state index contributed by atoms with van der Waals surface area (Å²) >= 11 is 6.09. The molecule has 2 aromatic carbocycles. The highest BCUT2D eigenvalue weighted by atomic mass is 35.5. The molecule has 0 radical (unpaired) electrons. The molecule has 1 aliphatic carbocycles. The molecule has 0 bridgehead atoms. The van der Waals surface area contributed by atoms with Gasteiger partial charge in [0.2, 0.25) is 5.91 Å². The van der Waals surface area contributed by atoms with E-state index in [0.717, 1.165) is 51.1 Å². The van der Waals surface area contributed by atoms with Crippen molar-refractivity contribution < 1.29 is 14.0 Å². The molecule has 1 saturated carbocycles. The number of hydrogen-bond donors (Lipinski definition) is 0. The summed E-state index contributed by atoms with van der Waals surface area (Å²) in [5, 5.41) is 0.518. The average Bonchev–Trinajstić information content (AvgIpc) is 2.76. The molecular formula is C25H29ClFN3O2. The van der Waals surface area contributed by atoms with Gasteiger partial charge < -0.3 is 9.80 Å². The van der Waals surface area contributed by atoms with Crippen LogP contribution in [0.1, 0.15) is 35.2 Å². The number of hydrogen-bond acceptors (Lipinski definition) is 3. The van der Waals surface area contributed by atoms with E-state index in [0.29, 0.717) is 29.6 Å². The van der Waals surface area contributed by atoms with Crippen LogP contribution >= 0.6 is 11.6 Å². The number of carbonyl (C=O) groups is 2. The number of rotatable bonds is 7. The standard InChI is InChI=1S/C25H29ClFN3O2/c26-22-6-2-5-21(17-22)25(32)30(18-19-7-9-23(27)10-8-19)16-13-28-11-14-29(15-12-28)24(31)20-3-1-4-20/h2,5-10,17,20H,1,3-4,11-16,18H2. The van der Waals surface area contributed by atoms with Gasteiger partial charge in [-0.3, -0.25) is 14.5 Å². The lowest BCUT2D eigenvalue weighted by Crippen LogP contribution is -2.52. The number of nitrogens with zero attached hydrogens (tertiary/aromatic N) is 3. The maximum Gasteiger partial charge on any atom is 0.254 e. The van der Waals surface area contributed by atoms with Crippen molar-refractivity contribution >= 4 is 23.4 Å². The Balaban J connectivity index is 1.37. The summed E-state index contributed by atoms with van der Waals surface area (Å²) < 4.78 is 13.3. The Kier molecular flexibility index (Phi) is 7.43. The highest BCUT2D eigenvalue weighted by molar-refractivity contribution is 6.30. The lowest BCUT2D eigenvalue weighted by molar-refractivity contribution is -0.139. The van der Waals surface area contributed by atoms with Crippen molar-refractivity contribution in [1.29, 1.82) is 0 Å². The van der Waals surface area contributed by atoms with E-state index in [9.17, 15) is 14.0 Å². The Bertz CT molecular complexity index is 940. The van der Waals surface area contributed by atoms with Gasteiger partial charge in [0, 0.05) is 62.3 Å². The van der Waals surface area contributed by atoms with E-state index in [1.54, 1.807) is 41.3 Å². The van der Waals surface area contributed by atoms with Crippen LogP contribution in [0.15, 0.2) is 48.5 Å². The molecule has 2 aliphatic rings. The van der Waals surface area contributed by atoms with Crippen LogP contribution in [-0.2, 0) is 11.3 Å². The Labute approximate surface area is 193 Å². The smallest absolute Gasteiger partial charge is 0.254 e. The van der Waals surface area contributed by atoms with Gasteiger partial charge in [-0.2, -0.15) is 0 Å². The Morgan fingerprint density at radius 3 is 2.38 bits per heavy atom. The third-order valence-electron chi connectivity index (χ3n) is 6.47. The van der Waals surface area contributed by atoms with Crippen molar-refractivity contribution in [1.82, 2.24) is 14.7 Å². The highest BCUT2D eigenvalue weighted by Crippen LogP contribution is 2.28. The first-order valence-corrected chi connectivity index (χ1v) is 11.7. The molecule has 0 spiro atoms. The lowest BCUT2D eigenvalue weighted by Gasteiger charge is -2.38. The number of benzene rings is 2. The van der Waals surface area contributed by atoms with Crippen molar-refractivity contribution in [3.63, 3.8) is 0 Å². The Hall–Kier alpha value is -2.44. The third kappa shape index (κ3) is 5.67. The van der Waals surface area contributed by atoms with Crippen molar-refractivity contribution in [3.8, 4) is 0 Å². The van der Waals surface area contributed by atoms with Gasteiger partial charge in [-0.25, -0.2) is 4.39 Å². The van der Waals surface area contributed by atoms with E-state index in [1.165, 1.54) is 18.6 Å². The fourth-order valence-electron chi connectivity index (χ4n) is 4.23. The summed E-state index contributed by atoms with van der Waals surface area (Å²) in [6, 6.07) is 13.2. The molecule has 5 nitrogen and oxygen atoms in total. The van der Waals surface area contributed by atoms with E-state index in [4.69, 9.17) is 11.6 Å².